The second-order valence-corrected chi connectivity index (χ2v) is 5.88. The molecule has 1 amide bonds. The molecule has 2 rings (SSSR count). The van der Waals surface area contributed by atoms with Crippen molar-refractivity contribution in [3.05, 3.63) is 53.3 Å². The number of nitrogens with one attached hydrogen (secondary N) is 1. The first kappa shape index (κ1) is 17.1. The fourth-order valence-corrected chi connectivity index (χ4v) is 2.31. The van der Waals surface area contributed by atoms with Gasteiger partial charge in [0.25, 0.3) is 5.91 Å². The highest BCUT2D eigenvalue weighted by molar-refractivity contribution is 5.92. The van der Waals surface area contributed by atoms with E-state index in [1.54, 1.807) is 12.1 Å². The molecule has 0 saturated carbocycles. The van der Waals surface area contributed by atoms with Gasteiger partial charge in [-0.15, -0.1) is 0 Å². The van der Waals surface area contributed by atoms with E-state index in [1.165, 1.54) is 0 Å². The Bertz CT molecular complexity index is 677. The van der Waals surface area contributed by atoms with E-state index in [0.29, 0.717) is 17.0 Å². The fraction of sp³-hybridized carbons (Fsp3) is 0.389. The number of rotatable bonds is 6. The predicted molar refractivity (Wildman–Crippen MR) is 89.6 cm³/mol. The normalized spacial score (nSPS) is 12.3. The summed E-state index contributed by atoms with van der Waals surface area (Å²) < 4.78 is 7.43. The number of hydrogen-bond acceptors (Lipinski definition) is 3. The summed E-state index contributed by atoms with van der Waals surface area (Å²) in [5.74, 6) is 0.509. The van der Waals surface area contributed by atoms with Gasteiger partial charge in [0, 0.05) is 19.3 Å². The topological polar surface area (TPSA) is 63.5 Å². The lowest BCUT2D eigenvalue weighted by molar-refractivity contribution is 0.0908. The SMILES string of the molecule is Cc1ccc(C(=O)NCC(O)c2cccc(OC(C)C)c2)n1C. The summed E-state index contributed by atoms with van der Waals surface area (Å²) in [7, 11) is 1.84. The van der Waals surface area contributed by atoms with Crippen LogP contribution in [0.25, 0.3) is 0 Å². The smallest absolute Gasteiger partial charge is 0.268 e. The summed E-state index contributed by atoms with van der Waals surface area (Å²) in [6.07, 6.45) is -0.710. The highest BCUT2D eigenvalue weighted by Gasteiger charge is 2.14. The number of carbonyl (C=O) groups is 1. The largest absolute Gasteiger partial charge is 0.491 e. The van der Waals surface area contributed by atoms with Crippen molar-refractivity contribution < 1.29 is 14.6 Å². The number of aliphatic hydroxyl groups excluding tert-OH is 1. The number of carbonyl (C=O) groups excluding carboxylic acids is 1. The number of aromatic nitrogens is 1. The minimum Gasteiger partial charge on any atom is -0.491 e. The van der Waals surface area contributed by atoms with Crippen LogP contribution in [0.15, 0.2) is 36.4 Å². The number of amides is 1. The van der Waals surface area contributed by atoms with E-state index in [4.69, 9.17) is 4.74 Å². The van der Waals surface area contributed by atoms with E-state index in [2.05, 4.69) is 5.32 Å². The maximum atomic E-state index is 12.2. The molecule has 0 spiro atoms. The van der Waals surface area contributed by atoms with Gasteiger partial charge < -0.3 is 19.7 Å². The summed E-state index contributed by atoms with van der Waals surface area (Å²) >= 11 is 0. The minimum atomic E-state index is -0.781. The van der Waals surface area contributed by atoms with Crippen molar-refractivity contribution in [2.75, 3.05) is 6.54 Å². The van der Waals surface area contributed by atoms with Crippen molar-refractivity contribution in [1.82, 2.24) is 9.88 Å². The molecular weight excluding hydrogens is 292 g/mol. The maximum Gasteiger partial charge on any atom is 0.268 e. The maximum absolute atomic E-state index is 12.2. The molecule has 1 atom stereocenters. The Kier molecular flexibility index (Phi) is 5.45. The van der Waals surface area contributed by atoms with Gasteiger partial charge in [0.05, 0.1) is 12.2 Å². The molecule has 5 nitrogen and oxygen atoms in total. The van der Waals surface area contributed by atoms with Crippen LogP contribution in [0.1, 0.15) is 41.7 Å². The third kappa shape index (κ3) is 4.36. The zero-order chi connectivity index (χ0) is 17.0. The summed E-state index contributed by atoms with van der Waals surface area (Å²) in [4.78, 5) is 12.2. The zero-order valence-corrected chi connectivity index (χ0v) is 14.0. The first-order chi connectivity index (χ1) is 10.9. The molecule has 0 aliphatic heterocycles. The van der Waals surface area contributed by atoms with Crippen LogP contribution in [0, 0.1) is 6.92 Å². The van der Waals surface area contributed by atoms with Crippen LogP contribution in [0.4, 0.5) is 0 Å². The Morgan fingerprint density at radius 3 is 2.65 bits per heavy atom. The van der Waals surface area contributed by atoms with E-state index in [1.807, 2.05) is 56.7 Å². The van der Waals surface area contributed by atoms with Gasteiger partial charge in [0.2, 0.25) is 0 Å². The molecule has 1 heterocycles. The minimum absolute atomic E-state index is 0.0719. The van der Waals surface area contributed by atoms with Crippen LogP contribution in [-0.4, -0.2) is 28.2 Å². The molecule has 23 heavy (non-hydrogen) atoms. The van der Waals surface area contributed by atoms with Crippen LogP contribution in [-0.2, 0) is 7.05 Å². The van der Waals surface area contributed by atoms with Crippen LogP contribution < -0.4 is 10.1 Å². The van der Waals surface area contributed by atoms with Gasteiger partial charge in [-0.2, -0.15) is 0 Å². The number of aryl methyl sites for hydroxylation is 1. The van der Waals surface area contributed by atoms with Crippen LogP contribution >= 0.6 is 0 Å². The monoisotopic (exact) mass is 316 g/mol. The lowest BCUT2D eigenvalue weighted by Crippen LogP contribution is -2.29. The molecular formula is C18H24N2O3. The average molecular weight is 316 g/mol. The van der Waals surface area contributed by atoms with Crippen LogP contribution in [0.2, 0.25) is 0 Å². The Balaban J connectivity index is 1.98. The van der Waals surface area contributed by atoms with E-state index < -0.39 is 6.10 Å². The molecule has 0 aliphatic carbocycles. The molecule has 1 aromatic heterocycles. The van der Waals surface area contributed by atoms with Gasteiger partial charge in [0.15, 0.2) is 0 Å². The first-order valence-corrected chi connectivity index (χ1v) is 7.73. The zero-order valence-electron chi connectivity index (χ0n) is 14.0. The molecule has 2 N–H and O–H groups in total. The van der Waals surface area contributed by atoms with Gasteiger partial charge >= 0.3 is 0 Å². The average Bonchev–Trinajstić information content (AvgIpc) is 2.84. The molecule has 2 aromatic rings. The van der Waals surface area contributed by atoms with Gasteiger partial charge in [0.1, 0.15) is 11.4 Å². The van der Waals surface area contributed by atoms with Crippen LogP contribution in [0.3, 0.4) is 0 Å². The fourth-order valence-electron chi connectivity index (χ4n) is 2.31. The van der Waals surface area contributed by atoms with Crippen molar-refractivity contribution in [3.8, 4) is 5.75 Å². The number of hydrogen-bond donors (Lipinski definition) is 2. The lowest BCUT2D eigenvalue weighted by atomic mass is 10.1. The third-order valence-electron chi connectivity index (χ3n) is 3.68. The highest BCUT2D eigenvalue weighted by atomic mass is 16.5. The lowest BCUT2D eigenvalue weighted by Gasteiger charge is -2.15. The molecule has 0 aliphatic rings. The van der Waals surface area contributed by atoms with Gasteiger partial charge in [-0.1, -0.05) is 12.1 Å². The van der Waals surface area contributed by atoms with E-state index >= 15 is 0 Å². The number of ether oxygens (including phenoxy) is 1. The van der Waals surface area contributed by atoms with E-state index in [-0.39, 0.29) is 18.6 Å². The van der Waals surface area contributed by atoms with Crippen molar-refractivity contribution in [2.45, 2.75) is 33.0 Å². The van der Waals surface area contributed by atoms with Crippen LogP contribution in [0.5, 0.6) is 5.75 Å². The Hall–Kier alpha value is -2.27. The van der Waals surface area contributed by atoms with Crippen molar-refractivity contribution in [2.24, 2.45) is 7.05 Å². The van der Waals surface area contributed by atoms with Gasteiger partial charge in [-0.05, 0) is 50.6 Å². The van der Waals surface area contributed by atoms with Crippen molar-refractivity contribution in [3.63, 3.8) is 0 Å². The number of benzene rings is 1. The first-order valence-electron chi connectivity index (χ1n) is 7.73. The van der Waals surface area contributed by atoms with Crippen molar-refractivity contribution >= 4 is 5.91 Å². The van der Waals surface area contributed by atoms with E-state index in [0.717, 1.165) is 5.69 Å². The van der Waals surface area contributed by atoms with Gasteiger partial charge in [-0.3, -0.25) is 4.79 Å². The molecule has 0 fully saturated rings. The molecule has 0 radical (unpaired) electrons. The standard InChI is InChI=1S/C18H24N2O3/c1-12(2)23-15-7-5-6-14(10-15)17(21)11-19-18(22)16-9-8-13(3)20(16)4/h5-10,12,17,21H,11H2,1-4H3,(H,19,22). The molecule has 5 heteroatoms. The highest BCUT2D eigenvalue weighted by Crippen LogP contribution is 2.20. The molecule has 1 unspecified atom stereocenters. The Labute approximate surface area is 136 Å². The molecule has 0 bridgehead atoms. The van der Waals surface area contributed by atoms with E-state index in [9.17, 15) is 9.90 Å². The summed E-state index contributed by atoms with van der Waals surface area (Å²) in [6, 6.07) is 11.0. The molecule has 124 valence electrons. The summed E-state index contributed by atoms with van der Waals surface area (Å²) in [5.41, 5.74) is 2.30. The second-order valence-electron chi connectivity index (χ2n) is 5.88. The predicted octanol–water partition coefficient (Wildman–Crippen LogP) is 2.58. The van der Waals surface area contributed by atoms with Crippen molar-refractivity contribution in [1.29, 1.82) is 0 Å². The quantitative estimate of drug-likeness (QED) is 0.861. The summed E-state index contributed by atoms with van der Waals surface area (Å²) in [5, 5.41) is 13.0. The molecule has 0 saturated heterocycles. The Morgan fingerprint density at radius 2 is 2.04 bits per heavy atom. The Morgan fingerprint density at radius 1 is 1.30 bits per heavy atom. The number of aliphatic hydroxyl groups is 1. The van der Waals surface area contributed by atoms with Gasteiger partial charge in [-0.25, -0.2) is 0 Å². The third-order valence-corrected chi connectivity index (χ3v) is 3.68. The second kappa shape index (κ2) is 7.33. The number of nitrogens with zero attached hydrogens (tertiary/aromatic N) is 1. The summed E-state index contributed by atoms with van der Waals surface area (Å²) in [6.45, 7) is 5.98. The molecule has 1 aromatic carbocycles.